The van der Waals surface area contributed by atoms with Crippen molar-refractivity contribution in [2.45, 2.75) is 19.8 Å². The molecule has 0 bridgehead atoms. The molecule has 2 heterocycles. The Kier molecular flexibility index (Phi) is 4.18. The number of nitrogens with zero attached hydrogens (tertiary/aromatic N) is 1. The summed E-state index contributed by atoms with van der Waals surface area (Å²) in [5.74, 6) is 1.74. The molecule has 6 heteroatoms. The van der Waals surface area contributed by atoms with Crippen molar-refractivity contribution in [1.29, 1.82) is 0 Å². The second kappa shape index (κ2) is 6.25. The third kappa shape index (κ3) is 3.16. The summed E-state index contributed by atoms with van der Waals surface area (Å²) < 4.78 is 10.5. The maximum absolute atomic E-state index is 12.2. The number of carbonyl (C=O) groups excluding carboxylic acids is 2. The first-order valence-corrected chi connectivity index (χ1v) is 7.57. The standard InChI is InChI=1S/C16H20N2O4/c1-11(19)18-6-4-12(5-7-18)9-17-16(20)13-2-3-14-15(8-13)22-10-21-14/h2-3,8,12H,4-7,9-10H2,1H3,(H,17,20). The Morgan fingerprint density at radius 2 is 1.95 bits per heavy atom. The summed E-state index contributed by atoms with van der Waals surface area (Å²) in [5.41, 5.74) is 0.574. The van der Waals surface area contributed by atoms with Crippen LogP contribution in [0.1, 0.15) is 30.1 Å². The number of ether oxygens (including phenoxy) is 2. The Labute approximate surface area is 129 Å². The zero-order valence-electron chi connectivity index (χ0n) is 12.6. The minimum Gasteiger partial charge on any atom is -0.454 e. The molecule has 0 atom stereocenters. The van der Waals surface area contributed by atoms with E-state index in [9.17, 15) is 9.59 Å². The van der Waals surface area contributed by atoms with Crippen LogP contribution < -0.4 is 14.8 Å². The molecule has 2 aliphatic rings. The molecule has 6 nitrogen and oxygen atoms in total. The van der Waals surface area contributed by atoms with E-state index >= 15 is 0 Å². The molecule has 22 heavy (non-hydrogen) atoms. The molecule has 1 N–H and O–H groups in total. The summed E-state index contributed by atoms with van der Waals surface area (Å²) in [6.07, 6.45) is 1.86. The van der Waals surface area contributed by atoms with E-state index in [4.69, 9.17) is 9.47 Å². The average molecular weight is 304 g/mol. The Hall–Kier alpha value is -2.24. The van der Waals surface area contributed by atoms with Gasteiger partial charge >= 0.3 is 0 Å². The van der Waals surface area contributed by atoms with Crippen molar-refractivity contribution in [1.82, 2.24) is 10.2 Å². The summed E-state index contributed by atoms with van der Waals surface area (Å²) in [6.45, 7) is 4.00. The third-order valence-electron chi connectivity index (χ3n) is 4.25. The van der Waals surface area contributed by atoms with Crippen molar-refractivity contribution >= 4 is 11.8 Å². The first-order chi connectivity index (χ1) is 10.6. The summed E-state index contributed by atoms with van der Waals surface area (Å²) in [6, 6.07) is 5.19. The van der Waals surface area contributed by atoms with Gasteiger partial charge in [-0.15, -0.1) is 0 Å². The van der Waals surface area contributed by atoms with E-state index in [0.29, 0.717) is 29.5 Å². The number of fused-ring (bicyclic) bond motifs is 1. The fourth-order valence-corrected chi connectivity index (χ4v) is 2.83. The minimum atomic E-state index is -0.104. The summed E-state index contributed by atoms with van der Waals surface area (Å²) in [4.78, 5) is 25.3. The molecule has 0 unspecified atom stereocenters. The molecular weight excluding hydrogens is 284 g/mol. The van der Waals surface area contributed by atoms with Crippen LogP contribution in [-0.2, 0) is 4.79 Å². The number of likely N-dealkylation sites (tertiary alicyclic amines) is 1. The van der Waals surface area contributed by atoms with E-state index < -0.39 is 0 Å². The van der Waals surface area contributed by atoms with E-state index in [1.54, 1.807) is 25.1 Å². The van der Waals surface area contributed by atoms with Crippen LogP contribution in [-0.4, -0.2) is 43.1 Å². The molecule has 0 radical (unpaired) electrons. The molecule has 2 aliphatic heterocycles. The number of piperidine rings is 1. The van der Waals surface area contributed by atoms with Gasteiger partial charge in [-0.25, -0.2) is 0 Å². The highest BCUT2D eigenvalue weighted by Gasteiger charge is 2.22. The lowest BCUT2D eigenvalue weighted by atomic mass is 9.96. The monoisotopic (exact) mass is 304 g/mol. The van der Waals surface area contributed by atoms with Gasteiger partial charge in [-0.1, -0.05) is 0 Å². The van der Waals surface area contributed by atoms with Crippen LogP contribution in [0.3, 0.4) is 0 Å². The van der Waals surface area contributed by atoms with Crippen molar-refractivity contribution in [3.05, 3.63) is 23.8 Å². The van der Waals surface area contributed by atoms with Gasteiger partial charge in [0.25, 0.3) is 5.91 Å². The molecule has 1 aromatic rings. The first-order valence-electron chi connectivity index (χ1n) is 7.57. The second-order valence-corrected chi connectivity index (χ2v) is 5.73. The molecule has 0 saturated carbocycles. The summed E-state index contributed by atoms with van der Waals surface area (Å²) in [5, 5.41) is 2.97. The van der Waals surface area contributed by atoms with Gasteiger partial charge in [0.15, 0.2) is 11.5 Å². The zero-order valence-corrected chi connectivity index (χ0v) is 12.6. The Morgan fingerprint density at radius 3 is 2.68 bits per heavy atom. The lowest BCUT2D eigenvalue weighted by Crippen LogP contribution is -2.40. The van der Waals surface area contributed by atoms with Crippen molar-refractivity contribution in [3.8, 4) is 11.5 Å². The van der Waals surface area contributed by atoms with Gasteiger partial charge in [0.2, 0.25) is 12.7 Å². The van der Waals surface area contributed by atoms with Crippen molar-refractivity contribution in [3.63, 3.8) is 0 Å². The van der Waals surface area contributed by atoms with Crippen molar-refractivity contribution < 1.29 is 19.1 Å². The summed E-state index contributed by atoms with van der Waals surface area (Å²) >= 11 is 0. The van der Waals surface area contributed by atoms with Crippen molar-refractivity contribution in [2.24, 2.45) is 5.92 Å². The SMILES string of the molecule is CC(=O)N1CCC(CNC(=O)c2ccc3c(c2)OCO3)CC1. The zero-order chi connectivity index (χ0) is 15.5. The van der Waals surface area contributed by atoms with Gasteiger partial charge in [0.1, 0.15) is 0 Å². The lowest BCUT2D eigenvalue weighted by Gasteiger charge is -2.31. The number of carbonyl (C=O) groups is 2. The van der Waals surface area contributed by atoms with E-state index in [2.05, 4.69) is 5.32 Å². The van der Waals surface area contributed by atoms with E-state index in [0.717, 1.165) is 25.9 Å². The number of hydrogen-bond donors (Lipinski definition) is 1. The molecule has 0 spiro atoms. The molecule has 118 valence electrons. The maximum atomic E-state index is 12.2. The van der Waals surface area contributed by atoms with Gasteiger partial charge in [0.05, 0.1) is 0 Å². The van der Waals surface area contributed by atoms with Crippen LogP contribution >= 0.6 is 0 Å². The first kappa shape index (κ1) is 14.7. The van der Waals surface area contributed by atoms with Gasteiger partial charge in [-0.05, 0) is 37.0 Å². The second-order valence-electron chi connectivity index (χ2n) is 5.73. The number of benzene rings is 1. The molecule has 1 fully saturated rings. The van der Waals surface area contributed by atoms with Gasteiger partial charge in [-0.3, -0.25) is 9.59 Å². The molecule has 2 amide bonds. The molecule has 0 aromatic heterocycles. The number of rotatable bonds is 3. The van der Waals surface area contributed by atoms with Crippen LogP contribution in [0.5, 0.6) is 11.5 Å². The molecular formula is C16H20N2O4. The highest BCUT2D eigenvalue weighted by Crippen LogP contribution is 2.32. The normalized spacial score (nSPS) is 17.4. The Bertz CT molecular complexity index is 580. The highest BCUT2D eigenvalue weighted by atomic mass is 16.7. The predicted molar refractivity (Wildman–Crippen MR) is 79.9 cm³/mol. The van der Waals surface area contributed by atoms with Gasteiger partial charge in [-0.2, -0.15) is 0 Å². The highest BCUT2D eigenvalue weighted by molar-refractivity contribution is 5.94. The number of hydrogen-bond acceptors (Lipinski definition) is 4. The van der Waals surface area contributed by atoms with Crippen molar-refractivity contribution in [2.75, 3.05) is 26.4 Å². The van der Waals surface area contributed by atoms with Crippen LogP contribution in [0, 0.1) is 5.92 Å². The fraction of sp³-hybridized carbons (Fsp3) is 0.500. The van der Waals surface area contributed by atoms with Crippen LogP contribution in [0.15, 0.2) is 18.2 Å². The topological polar surface area (TPSA) is 67.9 Å². The van der Waals surface area contributed by atoms with E-state index in [-0.39, 0.29) is 18.6 Å². The fourth-order valence-electron chi connectivity index (χ4n) is 2.83. The van der Waals surface area contributed by atoms with E-state index in [1.165, 1.54) is 0 Å². The quantitative estimate of drug-likeness (QED) is 0.916. The molecule has 0 aliphatic carbocycles. The van der Waals surface area contributed by atoms with Gasteiger partial charge < -0.3 is 19.7 Å². The Balaban J connectivity index is 1.50. The van der Waals surface area contributed by atoms with E-state index in [1.807, 2.05) is 4.90 Å². The Morgan fingerprint density at radius 1 is 1.23 bits per heavy atom. The smallest absolute Gasteiger partial charge is 0.251 e. The molecule has 3 rings (SSSR count). The number of nitrogens with one attached hydrogen (secondary N) is 1. The predicted octanol–water partition coefficient (Wildman–Crippen LogP) is 1.40. The molecule has 1 saturated heterocycles. The largest absolute Gasteiger partial charge is 0.454 e. The number of amides is 2. The van der Waals surface area contributed by atoms with Crippen LogP contribution in [0.25, 0.3) is 0 Å². The third-order valence-corrected chi connectivity index (χ3v) is 4.25. The maximum Gasteiger partial charge on any atom is 0.251 e. The van der Waals surface area contributed by atoms with Gasteiger partial charge in [0, 0.05) is 32.1 Å². The average Bonchev–Trinajstić information content (AvgIpc) is 3.00. The molecule has 1 aromatic carbocycles. The van der Waals surface area contributed by atoms with Crippen LogP contribution in [0.4, 0.5) is 0 Å². The lowest BCUT2D eigenvalue weighted by molar-refractivity contribution is -0.130. The summed E-state index contributed by atoms with van der Waals surface area (Å²) in [7, 11) is 0. The van der Waals surface area contributed by atoms with Crippen LogP contribution in [0.2, 0.25) is 0 Å². The minimum absolute atomic E-state index is 0.104.